The minimum atomic E-state index is 0.368. The lowest BCUT2D eigenvalue weighted by atomic mass is 10.0. The van der Waals surface area contributed by atoms with Gasteiger partial charge in [-0.2, -0.15) is 0 Å². The highest BCUT2D eigenvalue weighted by Crippen LogP contribution is 2.33. The van der Waals surface area contributed by atoms with E-state index < -0.39 is 0 Å². The molecule has 1 aromatic heterocycles. The first-order valence-corrected chi connectivity index (χ1v) is 8.99. The van der Waals surface area contributed by atoms with Crippen LogP contribution < -0.4 is 4.90 Å². The third-order valence-corrected chi connectivity index (χ3v) is 6.00. The molecule has 0 N–H and O–H groups in total. The van der Waals surface area contributed by atoms with Gasteiger partial charge in [0.1, 0.15) is 0 Å². The van der Waals surface area contributed by atoms with Crippen molar-refractivity contribution in [3.8, 4) is 0 Å². The summed E-state index contributed by atoms with van der Waals surface area (Å²) in [4.78, 5) is 21.9. The predicted octanol–water partition coefficient (Wildman–Crippen LogP) is 3.14. The first-order valence-electron chi connectivity index (χ1n) is 8.17. The molecule has 0 aromatic carbocycles. The molecule has 2 aliphatic rings. The van der Waals surface area contributed by atoms with Gasteiger partial charge < -0.3 is 4.90 Å². The Morgan fingerprint density at radius 3 is 2.81 bits per heavy atom. The fraction of sp³-hybridized carbons (Fsp3) is 0.750. The molecule has 2 aliphatic heterocycles. The van der Waals surface area contributed by atoms with Crippen molar-refractivity contribution in [3.05, 3.63) is 10.6 Å². The van der Waals surface area contributed by atoms with Crippen LogP contribution in [0.15, 0.2) is 0 Å². The lowest BCUT2D eigenvalue weighted by molar-refractivity contribution is 0.112. The molecule has 0 amide bonds. The molecule has 116 valence electrons. The zero-order valence-electron chi connectivity index (χ0n) is 13.0. The molecule has 3 rings (SSSR count). The van der Waals surface area contributed by atoms with E-state index in [9.17, 15) is 4.79 Å². The standard InChI is InChI=1S/C16H25N3OS/c1-3-12(2)15-14(11-20)21-16(17-15)19-9-6-13(10-19)18-7-4-5-8-18/h11-13H,3-10H2,1-2H3. The Kier molecular flexibility index (Phi) is 4.60. The van der Waals surface area contributed by atoms with Crippen molar-refractivity contribution >= 4 is 22.8 Å². The topological polar surface area (TPSA) is 36.4 Å². The number of likely N-dealkylation sites (tertiary alicyclic amines) is 1. The van der Waals surface area contributed by atoms with Crippen LogP contribution in [0.1, 0.15) is 60.8 Å². The highest BCUT2D eigenvalue weighted by molar-refractivity contribution is 7.17. The van der Waals surface area contributed by atoms with Crippen molar-refractivity contribution in [2.45, 2.75) is 51.5 Å². The van der Waals surface area contributed by atoms with Crippen molar-refractivity contribution in [1.29, 1.82) is 0 Å². The van der Waals surface area contributed by atoms with Crippen LogP contribution in [0.4, 0.5) is 5.13 Å². The third-order valence-electron chi connectivity index (χ3n) is 4.95. The second-order valence-corrected chi connectivity index (χ2v) is 7.31. The summed E-state index contributed by atoms with van der Waals surface area (Å²) in [5, 5.41) is 1.05. The van der Waals surface area contributed by atoms with Crippen molar-refractivity contribution in [2.75, 3.05) is 31.1 Å². The summed E-state index contributed by atoms with van der Waals surface area (Å²) in [5.41, 5.74) is 0.997. The number of rotatable bonds is 5. The molecule has 0 aliphatic carbocycles. The Morgan fingerprint density at radius 1 is 1.38 bits per heavy atom. The lowest BCUT2D eigenvalue weighted by Crippen LogP contribution is -2.35. The number of carbonyl (C=O) groups is 1. The van der Waals surface area contributed by atoms with E-state index in [1.807, 2.05) is 0 Å². The van der Waals surface area contributed by atoms with Gasteiger partial charge in [-0.05, 0) is 44.7 Å². The van der Waals surface area contributed by atoms with Crippen molar-refractivity contribution in [3.63, 3.8) is 0 Å². The minimum absolute atomic E-state index is 0.368. The number of thiazole rings is 1. The second-order valence-electron chi connectivity index (χ2n) is 6.30. The van der Waals surface area contributed by atoms with Gasteiger partial charge in [0.2, 0.25) is 0 Å². The molecule has 3 heterocycles. The first-order chi connectivity index (χ1) is 10.2. The summed E-state index contributed by atoms with van der Waals surface area (Å²) in [7, 11) is 0. The number of aldehydes is 1. The summed E-state index contributed by atoms with van der Waals surface area (Å²) in [6, 6.07) is 0.683. The Labute approximate surface area is 131 Å². The summed E-state index contributed by atoms with van der Waals surface area (Å²) in [6.45, 7) is 8.97. The maximum absolute atomic E-state index is 11.3. The molecule has 2 atom stereocenters. The zero-order valence-corrected chi connectivity index (χ0v) is 13.9. The van der Waals surface area contributed by atoms with Gasteiger partial charge in [0.05, 0.1) is 10.6 Å². The average molecular weight is 307 g/mol. The molecule has 0 saturated carbocycles. The number of hydrogen-bond donors (Lipinski definition) is 0. The quantitative estimate of drug-likeness (QED) is 0.783. The van der Waals surface area contributed by atoms with Crippen LogP contribution in [0.3, 0.4) is 0 Å². The van der Waals surface area contributed by atoms with E-state index in [0.29, 0.717) is 12.0 Å². The molecule has 1 aromatic rings. The monoisotopic (exact) mass is 307 g/mol. The molecule has 2 fully saturated rings. The average Bonchev–Trinajstić information content (AvgIpc) is 3.23. The highest BCUT2D eigenvalue weighted by Gasteiger charge is 2.31. The summed E-state index contributed by atoms with van der Waals surface area (Å²) >= 11 is 1.57. The van der Waals surface area contributed by atoms with Crippen LogP contribution in [0.2, 0.25) is 0 Å². The number of anilines is 1. The van der Waals surface area contributed by atoms with Crippen LogP contribution in [-0.2, 0) is 0 Å². The molecule has 0 spiro atoms. The van der Waals surface area contributed by atoms with Gasteiger partial charge in [-0.3, -0.25) is 9.69 Å². The fourth-order valence-electron chi connectivity index (χ4n) is 3.42. The van der Waals surface area contributed by atoms with Gasteiger partial charge in [0.15, 0.2) is 11.4 Å². The first kappa shape index (κ1) is 15.0. The van der Waals surface area contributed by atoms with Gasteiger partial charge in [-0.15, -0.1) is 0 Å². The summed E-state index contributed by atoms with van der Waals surface area (Å²) < 4.78 is 0. The number of carbonyl (C=O) groups excluding carboxylic acids is 1. The molecule has 0 radical (unpaired) electrons. The van der Waals surface area contributed by atoms with E-state index in [4.69, 9.17) is 4.98 Å². The van der Waals surface area contributed by atoms with E-state index in [2.05, 4.69) is 23.6 Å². The molecule has 2 unspecified atom stereocenters. The predicted molar refractivity (Wildman–Crippen MR) is 87.6 cm³/mol. The molecule has 2 saturated heterocycles. The fourth-order valence-corrected chi connectivity index (χ4v) is 4.45. The molecule has 21 heavy (non-hydrogen) atoms. The van der Waals surface area contributed by atoms with Crippen LogP contribution in [0, 0.1) is 0 Å². The molecular formula is C16H25N3OS. The van der Waals surface area contributed by atoms with Gasteiger partial charge in [-0.25, -0.2) is 4.98 Å². The van der Waals surface area contributed by atoms with E-state index in [1.165, 1.54) is 32.4 Å². The van der Waals surface area contributed by atoms with E-state index in [0.717, 1.165) is 41.5 Å². The Bertz CT molecular complexity index is 496. The summed E-state index contributed by atoms with van der Waals surface area (Å²) in [6.07, 6.45) is 5.94. The van der Waals surface area contributed by atoms with Crippen molar-refractivity contribution in [1.82, 2.24) is 9.88 Å². The van der Waals surface area contributed by atoms with Crippen LogP contribution in [0.5, 0.6) is 0 Å². The minimum Gasteiger partial charge on any atom is -0.346 e. The molecule has 0 bridgehead atoms. The highest BCUT2D eigenvalue weighted by atomic mass is 32.1. The largest absolute Gasteiger partial charge is 0.346 e. The number of nitrogens with zero attached hydrogens (tertiary/aromatic N) is 3. The lowest BCUT2D eigenvalue weighted by Gasteiger charge is -2.23. The van der Waals surface area contributed by atoms with E-state index >= 15 is 0 Å². The summed E-state index contributed by atoms with van der Waals surface area (Å²) in [5.74, 6) is 0.368. The van der Waals surface area contributed by atoms with Crippen molar-refractivity contribution < 1.29 is 4.79 Å². The number of hydrogen-bond acceptors (Lipinski definition) is 5. The van der Waals surface area contributed by atoms with Crippen LogP contribution in [0.25, 0.3) is 0 Å². The Balaban J connectivity index is 1.72. The van der Waals surface area contributed by atoms with Crippen LogP contribution in [-0.4, -0.2) is 48.4 Å². The van der Waals surface area contributed by atoms with Gasteiger partial charge in [-0.1, -0.05) is 25.2 Å². The van der Waals surface area contributed by atoms with E-state index in [1.54, 1.807) is 11.3 Å². The molecular weight excluding hydrogens is 282 g/mol. The van der Waals surface area contributed by atoms with Gasteiger partial charge in [0.25, 0.3) is 0 Å². The smallest absolute Gasteiger partial charge is 0.186 e. The molecule has 5 heteroatoms. The maximum Gasteiger partial charge on any atom is 0.186 e. The maximum atomic E-state index is 11.3. The number of aromatic nitrogens is 1. The van der Waals surface area contributed by atoms with Crippen LogP contribution >= 0.6 is 11.3 Å². The zero-order chi connectivity index (χ0) is 14.8. The Morgan fingerprint density at radius 2 is 2.14 bits per heavy atom. The normalized spacial score (nSPS) is 24.7. The van der Waals surface area contributed by atoms with E-state index in [-0.39, 0.29) is 0 Å². The SMILES string of the molecule is CCC(C)c1nc(N2CCC(N3CCCC3)C2)sc1C=O. The second kappa shape index (κ2) is 6.44. The molecule has 4 nitrogen and oxygen atoms in total. The Hall–Kier alpha value is -0.940. The van der Waals surface area contributed by atoms with Crippen molar-refractivity contribution in [2.24, 2.45) is 0 Å². The third kappa shape index (κ3) is 2.99. The van der Waals surface area contributed by atoms with Gasteiger partial charge >= 0.3 is 0 Å². The van der Waals surface area contributed by atoms with Gasteiger partial charge in [0, 0.05) is 19.1 Å².